The zero-order chi connectivity index (χ0) is 40.8. The van der Waals surface area contributed by atoms with Crippen molar-refractivity contribution in [1.29, 1.82) is 0 Å². The maximum Gasteiger partial charge on any atom is 2.00 e. The summed E-state index contributed by atoms with van der Waals surface area (Å²) in [5.74, 6) is 5.01. The average molecular weight is 1010 g/mol. The summed E-state index contributed by atoms with van der Waals surface area (Å²) in [6, 6.07) is 55.3. The van der Waals surface area contributed by atoms with Gasteiger partial charge >= 0.3 is 32.1 Å². The smallest absolute Gasteiger partial charge is 0.573 e. The van der Waals surface area contributed by atoms with E-state index < -0.39 is 39.6 Å². The van der Waals surface area contributed by atoms with Gasteiger partial charge in [0.15, 0.2) is 0 Å². The second-order valence-corrected chi connectivity index (χ2v) is 16.9. The Bertz CT molecular complexity index is 2190. The van der Waals surface area contributed by atoms with Crippen molar-refractivity contribution in [3.63, 3.8) is 0 Å². The van der Waals surface area contributed by atoms with Gasteiger partial charge in [-0.3, -0.25) is 9.97 Å². The normalized spacial score (nSPS) is 11.3. The van der Waals surface area contributed by atoms with Crippen LogP contribution in [-0.4, -0.2) is 20.2 Å². The number of benzene rings is 4. The van der Waals surface area contributed by atoms with Crippen LogP contribution in [0.15, 0.2) is 194 Å². The van der Waals surface area contributed by atoms with E-state index in [1.165, 1.54) is 33.6 Å². The van der Waals surface area contributed by atoms with Crippen LogP contribution in [0.5, 0.6) is 0 Å². The van der Waals surface area contributed by atoms with Gasteiger partial charge in [-0.1, -0.05) is 96.3 Å². The Kier molecular flexibility index (Phi) is 16.2. The van der Waals surface area contributed by atoms with E-state index in [2.05, 4.69) is 163 Å². The fourth-order valence-electron chi connectivity index (χ4n) is 5.50. The van der Waals surface area contributed by atoms with E-state index in [9.17, 15) is 26.3 Å². The van der Waals surface area contributed by atoms with Gasteiger partial charge in [0.05, 0.1) is 15.8 Å². The molecule has 0 bridgehead atoms. The van der Waals surface area contributed by atoms with E-state index >= 15 is 0 Å². The molecule has 4 aromatic heterocycles. The van der Waals surface area contributed by atoms with Gasteiger partial charge in [-0.2, -0.15) is 26.3 Å². The van der Waals surface area contributed by atoms with Gasteiger partial charge < -0.3 is 20.4 Å². The van der Waals surface area contributed by atoms with Gasteiger partial charge in [0.1, 0.15) is 44.2 Å². The van der Waals surface area contributed by atoms with E-state index in [1.54, 1.807) is 36.4 Å². The Morgan fingerprint density at radius 2 is 0.695 bits per heavy atom. The second kappa shape index (κ2) is 21.4. The van der Waals surface area contributed by atoms with Gasteiger partial charge in [0, 0.05) is 23.8 Å². The van der Waals surface area contributed by atoms with Gasteiger partial charge in [-0.15, -0.1) is 0 Å². The average Bonchev–Trinajstić information content (AvgIpc) is 3.98. The molecule has 0 spiro atoms. The maximum atomic E-state index is 12.2. The molecule has 0 atom stereocenters. The summed E-state index contributed by atoms with van der Waals surface area (Å²) < 4.78 is 73.2. The van der Waals surface area contributed by atoms with Gasteiger partial charge in [0.2, 0.25) is 0 Å². The van der Waals surface area contributed by atoms with Crippen LogP contribution in [0.2, 0.25) is 0 Å². The van der Waals surface area contributed by atoms with Crippen LogP contribution in [0, 0.1) is 0 Å². The summed E-state index contributed by atoms with van der Waals surface area (Å²) >= 11 is 0. The van der Waals surface area contributed by atoms with Crippen molar-refractivity contribution in [2.75, 3.05) is 0 Å². The summed E-state index contributed by atoms with van der Waals surface area (Å²) in [5, 5.41) is 18.7. The summed E-state index contributed by atoms with van der Waals surface area (Å²) in [6.45, 7) is 0. The van der Waals surface area contributed by atoms with E-state index in [-0.39, 0.29) is 31.2 Å². The molecule has 4 aromatic carbocycles. The quantitative estimate of drug-likeness (QED) is 0.112. The standard InChI is InChI=1S/C26H22P2.2C9H5F3N3.Os/c1-5-13-23(14-6-1)27(24-15-7-2-8-16-24)21-22-28(25-17-9-3-10-18-25)26-19-11-4-12-20-26;2*10-9(11,12)8-5-7(14-15-8)6-3-1-2-4-13-6;/h1-22H;2*1-5H;/q;2*-1;+2/p+2/b22-21-;;;. The third kappa shape index (κ3) is 13.0. The number of halogens is 6. The molecule has 59 heavy (non-hydrogen) atoms. The van der Waals surface area contributed by atoms with Crippen LogP contribution in [0.1, 0.15) is 11.4 Å². The molecule has 0 aliphatic carbocycles. The van der Waals surface area contributed by atoms with Crippen molar-refractivity contribution in [2.24, 2.45) is 0 Å². The van der Waals surface area contributed by atoms with Crippen LogP contribution in [-0.2, 0) is 32.1 Å². The molecule has 8 aromatic rings. The van der Waals surface area contributed by atoms with E-state index in [4.69, 9.17) is 0 Å². The first-order valence-electron chi connectivity index (χ1n) is 17.7. The van der Waals surface area contributed by atoms with Crippen molar-refractivity contribution >= 4 is 37.1 Å². The molecule has 0 aliphatic rings. The summed E-state index contributed by atoms with van der Waals surface area (Å²) in [7, 11) is -1.93. The van der Waals surface area contributed by atoms with Crippen molar-refractivity contribution < 1.29 is 46.1 Å². The van der Waals surface area contributed by atoms with E-state index in [0.29, 0.717) is 11.4 Å². The molecule has 0 radical (unpaired) electrons. The van der Waals surface area contributed by atoms with Crippen LogP contribution < -0.4 is 31.4 Å². The van der Waals surface area contributed by atoms with Gasteiger partial charge in [-0.05, 0) is 84.9 Å². The third-order valence-electron chi connectivity index (χ3n) is 8.27. The van der Waals surface area contributed by atoms with Crippen molar-refractivity contribution in [2.45, 2.75) is 12.4 Å². The van der Waals surface area contributed by atoms with Crippen LogP contribution >= 0.6 is 15.8 Å². The summed E-state index contributed by atoms with van der Waals surface area (Å²) in [4.78, 5) is 7.75. The SMILES string of the molecule is C(=C/[PH+](c1ccccc1)c1ccccc1)/[PH+](c1ccccc1)c1ccccc1.FC(F)(F)c1cc(-c2ccccn2)[n-]n1.FC(F)(F)c1cc(-c2ccccn2)[n-]n1.[Os+2]. The minimum absolute atomic E-state index is 0. The Morgan fingerprint density at radius 1 is 0.407 bits per heavy atom. The largest absolute Gasteiger partial charge is 2.00 e. The van der Waals surface area contributed by atoms with Crippen molar-refractivity contribution in [3.05, 3.63) is 205 Å². The van der Waals surface area contributed by atoms with E-state index in [0.717, 1.165) is 12.1 Å². The van der Waals surface area contributed by atoms with Crippen molar-refractivity contribution in [3.8, 4) is 22.8 Å². The molecule has 6 nitrogen and oxygen atoms in total. The minimum atomic E-state index is -4.46. The number of rotatable bonds is 8. The Hall–Kier alpha value is -5.58. The number of nitrogens with zero attached hydrogens (tertiary/aromatic N) is 6. The molecule has 0 aliphatic heterocycles. The first-order valence-corrected chi connectivity index (χ1v) is 20.8. The molecule has 0 N–H and O–H groups in total. The molecular formula is C44H34F6N6OsP2+2. The van der Waals surface area contributed by atoms with Gasteiger partial charge in [0.25, 0.3) is 0 Å². The maximum absolute atomic E-state index is 12.2. The van der Waals surface area contributed by atoms with E-state index in [1.807, 2.05) is 0 Å². The monoisotopic (exact) mass is 1010 g/mol. The number of hydrogen-bond donors (Lipinski definition) is 0. The molecule has 0 unspecified atom stereocenters. The molecular weight excluding hydrogens is 979 g/mol. The molecule has 0 saturated carbocycles. The molecule has 15 heteroatoms. The first kappa shape index (κ1) is 44.5. The predicted octanol–water partition coefficient (Wildman–Crippen LogP) is 9.42. The number of alkyl halides is 6. The Balaban J connectivity index is 0.000000181. The van der Waals surface area contributed by atoms with Crippen molar-refractivity contribution in [1.82, 2.24) is 30.4 Å². The van der Waals surface area contributed by atoms with Crippen LogP contribution in [0.3, 0.4) is 0 Å². The second-order valence-electron chi connectivity index (χ2n) is 12.3. The fourth-order valence-corrected chi connectivity index (χ4v) is 10.5. The number of aromatic nitrogens is 6. The third-order valence-corrected chi connectivity index (χ3v) is 13.4. The van der Waals surface area contributed by atoms with Crippen LogP contribution in [0.4, 0.5) is 26.3 Å². The minimum Gasteiger partial charge on any atom is -0.573 e. The molecule has 0 amide bonds. The Morgan fingerprint density at radius 3 is 0.932 bits per heavy atom. The summed E-state index contributed by atoms with van der Waals surface area (Å²) in [6.07, 6.45) is -5.95. The molecule has 4 heterocycles. The molecule has 298 valence electrons. The predicted molar refractivity (Wildman–Crippen MR) is 222 cm³/mol. The van der Waals surface area contributed by atoms with Crippen LogP contribution in [0.25, 0.3) is 22.8 Å². The fraction of sp³-hybridized carbons (Fsp3) is 0.0455. The number of pyridine rings is 2. The summed E-state index contributed by atoms with van der Waals surface area (Å²) in [5.41, 5.74) is -0.988. The first-order chi connectivity index (χ1) is 28.1. The topological polar surface area (TPSA) is 79.8 Å². The van der Waals surface area contributed by atoms with Gasteiger partial charge in [-0.25, -0.2) is 0 Å². The Labute approximate surface area is 352 Å². The zero-order valence-electron chi connectivity index (χ0n) is 30.8. The molecule has 0 fully saturated rings. The zero-order valence-corrected chi connectivity index (χ0v) is 35.3. The molecule has 8 rings (SSSR count). The molecule has 0 saturated heterocycles. The number of hydrogen-bond acceptors (Lipinski definition) is 4.